The zero-order chi connectivity index (χ0) is 26.9. The molecule has 3 aromatic heterocycles. The van der Waals surface area contributed by atoms with Crippen molar-refractivity contribution in [2.75, 3.05) is 28.8 Å². The molecule has 0 atom stereocenters. The number of nitrogens with zero attached hydrogens (tertiary/aromatic N) is 5. The number of anilines is 5. The second kappa shape index (κ2) is 10.2. The third-order valence-corrected chi connectivity index (χ3v) is 7.40. The van der Waals surface area contributed by atoms with E-state index in [9.17, 15) is 13.2 Å². The summed E-state index contributed by atoms with van der Waals surface area (Å²) in [6.07, 6.45) is 2.85. The molecule has 10 nitrogen and oxygen atoms in total. The Kier molecular flexibility index (Phi) is 6.83. The van der Waals surface area contributed by atoms with E-state index in [0.29, 0.717) is 40.0 Å². The largest absolute Gasteiger partial charge is 0.327 e. The molecule has 0 radical (unpaired) electrons. The molecular formula is C26H25N7O3S2. The molecule has 5 aromatic rings. The fourth-order valence-corrected chi connectivity index (χ4v) is 5.46. The first-order valence-electron chi connectivity index (χ1n) is 11.6. The number of nitrogens with one attached hydrogen (secondary N) is 2. The van der Waals surface area contributed by atoms with Crippen LogP contribution in [0.5, 0.6) is 0 Å². The van der Waals surface area contributed by atoms with Gasteiger partial charge in [0, 0.05) is 37.6 Å². The number of thiophene rings is 1. The van der Waals surface area contributed by atoms with Crippen LogP contribution in [-0.2, 0) is 22.6 Å². The van der Waals surface area contributed by atoms with E-state index in [1.165, 1.54) is 17.6 Å². The van der Waals surface area contributed by atoms with Crippen molar-refractivity contribution < 1.29 is 13.2 Å². The van der Waals surface area contributed by atoms with Crippen LogP contribution in [0.1, 0.15) is 15.9 Å². The number of carbonyl (C=O) groups excluding carboxylic acids is 1. The summed E-state index contributed by atoms with van der Waals surface area (Å²) in [5.41, 5.74) is 4.30. The second-order valence-electron chi connectivity index (χ2n) is 8.80. The maximum absolute atomic E-state index is 12.6. The Hall–Kier alpha value is -4.29. The number of carbonyl (C=O) groups is 1. The topological polar surface area (TPSA) is 122 Å². The van der Waals surface area contributed by atoms with Crippen LogP contribution in [-0.4, -0.2) is 47.1 Å². The van der Waals surface area contributed by atoms with E-state index < -0.39 is 9.84 Å². The number of amides is 1. The molecule has 0 fully saturated rings. The summed E-state index contributed by atoms with van der Waals surface area (Å²) in [5.74, 6) is 1.16. The molecule has 0 saturated heterocycles. The lowest BCUT2D eigenvalue weighted by Gasteiger charge is -2.19. The Morgan fingerprint density at radius 1 is 1.11 bits per heavy atom. The Labute approximate surface area is 223 Å². The van der Waals surface area contributed by atoms with Crippen LogP contribution < -0.4 is 15.5 Å². The van der Waals surface area contributed by atoms with Crippen LogP contribution in [0.3, 0.4) is 0 Å². The zero-order valence-corrected chi connectivity index (χ0v) is 22.5. The summed E-state index contributed by atoms with van der Waals surface area (Å²) in [6, 6.07) is 16.5. The number of fused-ring (bicyclic) bond motifs is 1. The van der Waals surface area contributed by atoms with Gasteiger partial charge in [0.15, 0.2) is 9.84 Å². The van der Waals surface area contributed by atoms with Gasteiger partial charge in [-0.3, -0.25) is 10.1 Å². The highest BCUT2D eigenvalue weighted by molar-refractivity contribution is 7.89. The van der Waals surface area contributed by atoms with Crippen LogP contribution in [0.15, 0.2) is 71.6 Å². The molecular weight excluding hydrogens is 522 g/mol. The monoisotopic (exact) mass is 547 g/mol. The Morgan fingerprint density at radius 2 is 1.92 bits per heavy atom. The van der Waals surface area contributed by atoms with Crippen LogP contribution in [0.2, 0.25) is 0 Å². The van der Waals surface area contributed by atoms with Gasteiger partial charge in [0.25, 0.3) is 5.91 Å². The van der Waals surface area contributed by atoms with Crippen molar-refractivity contribution in [3.05, 3.63) is 82.7 Å². The van der Waals surface area contributed by atoms with Crippen molar-refractivity contribution in [1.29, 1.82) is 0 Å². The molecule has 0 aliphatic carbocycles. The second-order valence-corrected chi connectivity index (χ2v) is 11.7. The third-order valence-electron chi connectivity index (χ3n) is 5.86. The van der Waals surface area contributed by atoms with Crippen LogP contribution >= 0.6 is 11.3 Å². The summed E-state index contributed by atoms with van der Waals surface area (Å²) >= 11 is 1.46. The molecule has 3 heterocycles. The van der Waals surface area contributed by atoms with Crippen LogP contribution in [0.25, 0.3) is 11.0 Å². The number of imidazole rings is 1. The van der Waals surface area contributed by atoms with Gasteiger partial charge in [0.05, 0.1) is 22.5 Å². The minimum absolute atomic E-state index is 0.0457. The van der Waals surface area contributed by atoms with E-state index in [1.807, 2.05) is 53.2 Å². The lowest BCUT2D eigenvalue weighted by Crippen LogP contribution is -2.14. The summed E-state index contributed by atoms with van der Waals surface area (Å²) in [6.45, 7) is 0. The average molecular weight is 548 g/mol. The van der Waals surface area contributed by atoms with Crippen molar-refractivity contribution in [3.8, 4) is 0 Å². The first-order valence-corrected chi connectivity index (χ1v) is 14.6. The molecule has 0 unspecified atom stereocenters. The molecule has 12 heteroatoms. The number of hydrogen-bond acceptors (Lipinski definition) is 9. The van der Waals surface area contributed by atoms with Gasteiger partial charge in [-0.15, -0.1) is 0 Å². The molecule has 1 amide bonds. The van der Waals surface area contributed by atoms with E-state index in [0.717, 1.165) is 11.2 Å². The van der Waals surface area contributed by atoms with Crippen molar-refractivity contribution in [2.45, 2.75) is 5.75 Å². The number of para-hydroxylation sites is 1. The third kappa shape index (κ3) is 5.50. The standard InChI is InChI=1S/C26H25N7O3S2/c1-32(22-10-12-27-25(29-22)28-19-7-4-6-17(14-19)16-38(3,35)36)20-8-5-9-21-23(20)30-26(33(21)2)31-24(34)18-11-13-37-15-18/h4-15H,16H2,1-3H3,(H,27,28,29)(H,30,31,34). The summed E-state index contributed by atoms with van der Waals surface area (Å²) in [7, 11) is 0.586. The molecule has 0 bridgehead atoms. The number of aromatic nitrogens is 4. The predicted octanol–water partition coefficient (Wildman–Crippen LogP) is 4.73. The first-order chi connectivity index (χ1) is 18.2. The molecule has 38 heavy (non-hydrogen) atoms. The van der Waals surface area contributed by atoms with E-state index in [-0.39, 0.29) is 11.7 Å². The van der Waals surface area contributed by atoms with Crippen molar-refractivity contribution in [2.24, 2.45) is 7.05 Å². The minimum Gasteiger partial charge on any atom is -0.327 e. The molecule has 194 valence electrons. The van der Waals surface area contributed by atoms with Crippen LogP contribution in [0, 0.1) is 0 Å². The van der Waals surface area contributed by atoms with Crippen molar-refractivity contribution >= 4 is 67.2 Å². The van der Waals surface area contributed by atoms with Gasteiger partial charge in [-0.1, -0.05) is 18.2 Å². The molecule has 0 saturated carbocycles. The maximum Gasteiger partial charge on any atom is 0.258 e. The van der Waals surface area contributed by atoms with Crippen molar-refractivity contribution in [1.82, 2.24) is 19.5 Å². The maximum atomic E-state index is 12.6. The fourth-order valence-electron chi connectivity index (χ4n) is 4.04. The first kappa shape index (κ1) is 25.4. The molecule has 0 aliphatic heterocycles. The SMILES string of the molecule is CN(c1ccnc(Nc2cccc(CS(C)(=O)=O)c2)n1)c1cccc2c1nc(NC(=O)c1ccsc1)n2C. The molecule has 5 rings (SSSR count). The summed E-state index contributed by atoms with van der Waals surface area (Å²) in [5, 5.41) is 9.69. The van der Waals surface area contributed by atoms with E-state index >= 15 is 0 Å². The van der Waals surface area contributed by atoms with E-state index in [1.54, 1.807) is 41.9 Å². The fraction of sp³-hybridized carbons (Fsp3) is 0.154. The predicted molar refractivity (Wildman–Crippen MR) is 151 cm³/mol. The van der Waals surface area contributed by atoms with Gasteiger partial charge in [-0.05, 0) is 47.3 Å². The smallest absolute Gasteiger partial charge is 0.258 e. The lowest BCUT2D eigenvalue weighted by molar-refractivity contribution is 0.102. The van der Waals surface area contributed by atoms with Crippen LogP contribution in [0.4, 0.5) is 29.1 Å². The highest BCUT2D eigenvalue weighted by atomic mass is 32.2. The number of aryl methyl sites for hydroxylation is 1. The molecule has 2 N–H and O–H groups in total. The lowest BCUT2D eigenvalue weighted by atomic mass is 10.2. The number of rotatable bonds is 8. The van der Waals surface area contributed by atoms with Gasteiger partial charge in [0.1, 0.15) is 11.3 Å². The average Bonchev–Trinajstić information content (AvgIpc) is 3.52. The Balaban J connectivity index is 1.41. The van der Waals surface area contributed by atoms with Crippen molar-refractivity contribution in [3.63, 3.8) is 0 Å². The number of benzene rings is 2. The number of hydrogen-bond donors (Lipinski definition) is 2. The minimum atomic E-state index is -3.15. The van der Waals surface area contributed by atoms with Gasteiger partial charge in [-0.25, -0.2) is 18.4 Å². The Bertz CT molecular complexity index is 1730. The molecule has 0 spiro atoms. The van der Waals surface area contributed by atoms with E-state index in [2.05, 4.69) is 20.6 Å². The zero-order valence-electron chi connectivity index (χ0n) is 20.9. The summed E-state index contributed by atoms with van der Waals surface area (Å²) < 4.78 is 25.2. The molecule has 0 aliphatic rings. The van der Waals surface area contributed by atoms with Gasteiger partial charge >= 0.3 is 0 Å². The Morgan fingerprint density at radius 3 is 2.68 bits per heavy atom. The molecule has 2 aromatic carbocycles. The normalized spacial score (nSPS) is 11.4. The van der Waals surface area contributed by atoms with Gasteiger partial charge in [-0.2, -0.15) is 16.3 Å². The van der Waals surface area contributed by atoms with E-state index in [4.69, 9.17) is 4.98 Å². The highest BCUT2D eigenvalue weighted by Crippen LogP contribution is 2.32. The summed E-state index contributed by atoms with van der Waals surface area (Å²) in [4.78, 5) is 28.2. The highest BCUT2D eigenvalue weighted by Gasteiger charge is 2.18. The number of sulfone groups is 1. The van der Waals surface area contributed by atoms with Gasteiger partial charge < -0.3 is 14.8 Å². The quantitative estimate of drug-likeness (QED) is 0.286. The van der Waals surface area contributed by atoms with Gasteiger partial charge in [0.2, 0.25) is 11.9 Å².